The summed E-state index contributed by atoms with van der Waals surface area (Å²) in [6.45, 7) is 16.8. The van der Waals surface area contributed by atoms with Crippen molar-refractivity contribution in [2.45, 2.75) is 46.1 Å². The maximum atomic E-state index is 5.77. The van der Waals surface area contributed by atoms with E-state index in [2.05, 4.69) is 46.6 Å². The Morgan fingerprint density at radius 2 is 2.20 bits per heavy atom. The molecule has 1 rings (SSSR count). The van der Waals surface area contributed by atoms with Gasteiger partial charge in [-0.25, -0.2) is 4.99 Å². The molecule has 7 nitrogen and oxygen atoms in total. The van der Waals surface area contributed by atoms with Gasteiger partial charge in [-0.15, -0.1) is 0 Å². The lowest BCUT2D eigenvalue weighted by molar-refractivity contribution is 0.0934. The lowest BCUT2D eigenvalue weighted by Crippen LogP contribution is -2.29. The van der Waals surface area contributed by atoms with Crippen LogP contribution in [-0.2, 0) is 11.3 Å². The first kappa shape index (κ1) is 21.1. The van der Waals surface area contributed by atoms with E-state index in [9.17, 15) is 0 Å². The van der Waals surface area contributed by atoms with Crippen molar-refractivity contribution in [2.75, 3.05) is 25.7 Å². The summed E-state index contributed by atoms with van der Waals surface area (Å²) in [5.41, 5.74) is 0.857. The summed E-state index contributed by atoms with van der Waals surface area (Å²) in [6.07, 6.45) is 5.39. The Kier molecular flexibility index (Phi) is 8.57. The van der Waals surface area contributed by atoms with E-state index in [-0.39, 0.29) is 0 Å². The summed E-state index contributed by atoms with van der Waals surface area (Å²) < 4.78 is 7.61. The summed E-state index contributed by atoms with van der Waals surface area (Å²) in [6, 6.07) is 1.14. The van der Waals surface area contributed by atoms with E-state index in [4.69, 9.17) is 4.74 Å². The molecule has 1 N–H and O–H groups in total. The van der Waals surface area contributed by atoms with Crippen LogP contribution in [0.15, 0.2) is 35.2 Å². The molecule has 0 bridgehead atoms. The Bertz CT molecular complexity index is 603. The van der Waals surface area contributed by atoms with Crippen LogP contribution in [0.25, 0.3) is 0 Å². The standard InChI is InChI=1S/C17H32N6OSi/c1-8-22(14-24-10-11-25(5,6)7)15(3)20-17(18-4)21-16-12-19-23(9-2)13-16/h8,12-13H,1,9-11,14H2,2-7H3,(H,18,21). The average molecular weight is 365 g/mol. The molecule has 0 spiro atoms. The van der Waals surface area contributed by atoms with E-state index in [1.54, 1.807) is 19.4 Å². The first-order chi connectivity index (χ1) is 11.8. The third-order valence-electron chi connectivity index (χ3n) is 3.56. The van der Waals surface area contributed by atoms with Crippen molar-refractivity contribution in [3.8, 4) is 0 Å². The fourth-order valence-electron chi connectivity index (χ4n) is 1.90. The largest absolute Gasteiger partial charge is 0.361 e. The SMILES string of the molecule is C=CN(COCC[Si](C)(C)C)C(C)=NC(=NC)Nc1cnn(CC)c1. The number of rotatable bonds is 8. The zero-order chi connectivity index (χ0) is 18.9. The van der Waals surface area contributed by atoms with Crippen molar-refractivity contribution in [1.82, 2.24) is 14.7 Å². The van der Waals surface area contributed by atoms with Gasteiger partial charge in [0.25, 0.3) is 0 Å². The van der Waals surface area contributed by atoms with Gasteiger partial charge in [0.2, 0.25) is 5.96 Å². The first-order valence-electron chi connectivity index (χ1n) is 8.57. The average Bonchev–Trinajstić information content (AvgIpc) is 3.00. The normalized spacial score (nSPS) is 13.0. The summed E-state index contributed by atoms with van der Waals surface area (Å²) >= 11 is 0. The number of aliphatic imine (C=N–C) groups is 2. The summed E-state index contributed by atoms with van der Waals surface area (Å²) in [7, 11) is 0.621. The van der Waals surface area contributed by atoms with E-state index < -0.39 is 8.07 Å². The molecule has 1 heterocycles. The summed E-state index contributed by atoms with van der Waals surface area (Å²) in [5, 5.41) is 7.39. The molecule has 0 amide bonds. The number of hydrogen-bond acceptors (Lipinski definition) is 3. The third-order valence-corrected chi connectivity index (χ3v) is 5.26. The molecule has 1 aromatic heterocycles. The van der Waals surface area contributed by atoms with E-state index in [1.807, 2.05) is 29.6 Å². The number of guanidine groups is 1. The van der Waals surface area contributed by atoms with Crippen LogP contribution >= 0.6 is 0 Å². The molecule has 0 fully saturated rings. The second kappa shape index (κ2) is 10.1. The topological polar surface area (TPSA) is 67.0 Å². The Balaban J connectivity index is 2.62. The quantitative estimate of drug-likeness (QED) is 0.252. The maximum Gasteiger partial charge on any atom is 0.224 e. The van der Waals surface area contributed by atoms with Crippen LogP contribution < -0.4 is 5.32 Å². The van der Waals surface area contributed by atoms with Gasteiger partial charge in [0.1, 0.15) is 12.6 Å². The molecule has 8 heteroatoms. The Morgan fingerprint density at radius 3 is 2.72 bits per heavy atom. The van der Waals surface area contributed by atoms with Gasteiger partial charge >= 0.3 is 0 Å². The molecule has 0 atom stereocenters. The van der Waals surface area contributed by atoms with Gasteiger partial charge in [-0.05, 0) is 19.9 Å². The van der Waals surface area contributed by atoms with Crippen LogP contribution in [0.5, 0.6) is 0 Å². The molecule has 0 aromatic carbocycles. The minimum absolute atomic E-state index is 0.439. The zero-order valence-corrected chi connectivity index (χ0v) is 17.4. The molecule has 0 unspecified atom stereocenters. The van der Waals surface area contributed by atoms with Crippen molar-refractivity contribution in [2.24, 2.45) is 9.98 Å². The van der Waals surface area contributed by atoms with Crippen LogP contribution in [0.2, 0.25) is 25.7 Å². The fraction of sp³-hybridized carbons (Fsp3) is 0.588. The predicted octanol–water partition coefficient (Wildman–Crippen LogP) is 3.48. The minimum atomic E-state index is -1.08. The Labute approximate surface area is 152 Å². The maximum absolute atomic E-state index is 5.77. The van der Waals surface area contributed by atoms with Gasteiger partial charge in [-0.1, -0.05) is 26.2 Å². The lowest BCUT2D eigenvalue weighted by Gasteiger charge is -2.21. The van der Waals surface area contributed by atoms with Gasteiger partial charge < -0.3 is 15.0 Å². The van der Waals surface area contributed by atoms with E-state index >= 15 is 0 Å². The fourth-order valence-corrected chi connectivity index (χ4v) is 2.66. The summed E-state index contributed by atoms with van der Waals surface area (Å²) in [4.78, 5) is 10.6. The highest BCUT2D eigenvalue weighted by atomic mass is 28.3. The monoisotopic (exact) mass is 364 g/mol. The number of ether oxygens (including phenoxy) is 1. The van der Waals surface area contributed by atoms with E-state index in [0.29, 0.717) is 12.7 Å². The van der Waals surface area contributed by atoms with Gasteiger partial charge in [0.15, 0.2) is 0 Å². The molecule has 0 aliphatic rings. The first-order valence-corrected chi connectivity index (χ1v) is 12.3. The van der Waals surface area contributed by atoms with Gasteiger partial charge in [-0.3, -0.25) is 9.67 Å². The number of nitrogens with zero attached hydrogens (tertiary/aromatic N) is 5. The highest BCUT2D eigenvalue weighted by molar-refractivity contribution is 6.76. The van der Waals surface area contributed by atoms with Crippen LogP contribution in [0, 0.1) is 0 Å². The van der Waals surface area contributed by atoms with E-state index in [0.717, 1.165) is 30.7 Å². The summed E-state index contributed by atoms with van der Waals surface area (Å²) in [5.74, 6) is 1.28. The highest BCUT2D eigenvalue weighted by Crippen LogP contribution is 2.08. The molecule has 140 valence electrons. The number of amidine groups is 1. The van der Waals surface area contributed by atoms with Crippen LogP contribution in [-0.4, -0.2) is 54.9 Å². The smallest absolute Gasteiger partial charge is 0.224 e. The van der Waals surface area contributed by atoms with Crippen molar-refractivity contribution >= 4 is 25.6 Å². The molecule has 0 aliphatic carbocycles. The molecular formula is C17H32N6OSi. The number of anilines is 1. The number of aromatic nitrogens is 2. The molecule has 0 aliphatic heterocycles. The van der Waals surface area contributed by atoms with Gasteiger partial charge in [0.05, 0.1) is 11.9 Å². The molecule has 1 aromatic rings. The van der Waals surface area contributed by atoms with Crippen molar-refractivity contribution in [3.63, 3.8) is 0 Å². The zero-order valence-electron chi connectivity index (χ0n) is 16.4. The Morgan fingerprint density at radius 1 is 1.48 bits per heavy atom. The Hall–Kier alpha value is -1.93. The lowest BCUT2D eigenvalue weighted by atomic mass is 10.5. The third kappa shape index (κ3) is 8.13. The predicted molar refractivity (Wildman–Crippen MR) is 109 cm³/mol. The van der Waals surface area contributed by atoms with Crippen LogP contribution in [0.4, 0.5) is 5.69 Å². The number of nitrogens with one attached hydrogen (secondary N) is 1. The molecule has 25 heavy (non-hydrogen) atoms. The van der Waals surface area contributed by atoms with Crippen molar-refractivity contribution in [3.05, 3.63) is 25.2 Å². The van der Waals surface area contributed by atoms with Gasteiger partial charge in [-0.2, -0.15) is 5.10 Å². The van der Waals surface area contributed by atoms with E-state index in [1.165, 1.54) is 0 Å². The van der Waals surface area contributed by atoms with Crippen LogP contribution in [0.3, 0.4) is 0 Å². The van der Waals surface area contributed by atoms with Crippen molar-refractivity contribution < 1.29 is 4.74 Å². The second-order valence-electron chi connectivity index (χ2n) is 6.92. The molecular weight excluding hydrogens is 332 g/mol. The number of hydrogen-bond donors (Lipinski definition) is 1. The molecule has 0 radical (unpaired) electrons. The van der Waals surface area contributed by atoms with Gasteiger partial charge in [0, 0.05) is 40.7 Å². The highest BCUT2D eigenvalue weighted by Gasteiger charge is 2.13. The number of aryl methyl sites for hydroxylation is 1. The minimum Gasteiger partial charge on any atom is -0.361 e. The van der Waals surface area contributed by atoms with Crippen molar-refractivity contribution in [1.29, 1.82) is 0 Å². The van der Waals surface area contributed by atoms with Crippen LogP contribution in [0.1, 0.15) is 13.8 Å². The molecule has 0 saturated carbocycles. The second-order valence-corrected chi connectivity index (χ2v) is 12.5. The molecule has 0 saturated heterocycles.